The van der Waals surface area contributed by atoms with Crippen molar-refractivity contribution in [2.24, 2.45) is 0 Å². The van der Waals surface area contributed by atoms with Crippen molar-refractivity contribution in [3.63, 3.8) is 0 Å². The molecule has 0 spiro atoms. The number of ketones is 1. The Labute approximate surface area is 115 Å². The van der Waals surface area contributed by atoms with Crippen LogP contribution in [0.2, 0.25) is 0 Å². The van der Waals surface area contributed by atoms with Crippen LogP contribution < -0.4 is 4.74 Å². The Bertz CT molecular complexity index is 685. The normalized spacial score (nSPS) is 10.5. The number of carbonyl (C=O) groups is 2. The van der Waals surface area contributed by atoms with Gasteiger partial charge in [-0.15, -0.1) is 4.79 Å². The van der Waals surface area contributed by atoms with E-state index < -0.39 is 26.6 Å². The van der Waals surface area contributed by atoms with E-state index in [0.29, 0.717) is 0 Å². The summed E-state index contributed by atoms with van der Waals surface area (Å²) in [6.45, 7) is 2.60. The number of hydrogen-bond donors (Lipinski definition) is 0. The van der Waals surface area contributed by atoms with Crippen LogP contribution in [0.1, 0.15) is 20.3 Å². The highest BCUT2D eigenvalue weighted by molar-refractivity contribution is 8.08. The summed E-state index contributed by atoms with van der Waals surface area (Å²) < 4.78 is 28.8. The highest BCUT2D eigenvalue weighted by Gasteiger charge is 2.34. The monoisotopic (exact) mass is 296 g/mol. The van der Waals surface area contributed by atoms with Crippen LogP contribution in [0.4, 0.5) is 0 Å². The maximum atomic E-state index is 12.0. The number of benzene rings is 1. The molecule has 0 saturated carbocycles. The molecule has 0 heterocycles. The van der Waals surface area contributed by atoms with E-state index in [9.17, 15) is 18.0 Å². The summed E-state index contributed by atoms with van der Waals surface area (Å²) >= 11 is 0. The summed E-state index contributed by atoms with van der Waals surface area (Å²) in [5.41, 5.74) is 8.62. The predicted molar refractivity (Wildman–Crippen MR) is 68.9 cm³/mol. The predicted octanol–water partition coefficient (Wildman–Crippen LogP) is 0.993. The van der Waals surface area contributed by atoms with Gasteiger partial charge >= 0.3 is 11.0 Å². The Morgan fingerprint density at radius 2 is 1.80 bits per heavy atom. The fourth-order valence-electron chi connectivity index (χ4n) is 1.32. The number of carbonyl (C=O) groups excluding carboxylic acids is 2. The minimum atomic E-state index is -4.19. The quantitative estimate of drug-likeness (QED) is 0.205. The van der Waals surface area contributed by atoms with Crippen LogP contribution in [0.5, 0.6) is 5.75 Å². The molecule has 8 heteroatoms. The number of nitrogens with zero attached hydrogens (tertiary/aromatic N) is 2. The molecule has 0 aromatic heterocycles. The molecule has 1 aromatic rings. The Hall–Kier alpha value is -2.31. The number of sulfone groups is 1. The molecule has 0 N–H and O–H groups in total. The summed E-state index contributed by atoms with van der Waals surface area (Å²) in [5, 5.41) is -0.948. The Morgan fingerprint density at radius 3 is 2.20 bits per heavy atom. The number of rotatable bonds is 4. The lowest BCUT2D eigenvalue weighted by atomic mass is 10.3. The molecular weight excluding hydrogens is 284 g/mol. The van der Waals surface area contributed by atoms with Crippen molar-refractivity contribution in [3.05, 3.63) is 29.8 Å². The molecule has 0 unspecified atom stereocenters. The molecule has 0 atom stereocenters. The number of esters is 1. The van der Waals surface area contributed by atoms with Gasteiger partial charge in [-0.1, -0.05) is 6.92 Å². The van der Waals surface area contributed by atoms with Gasteiger partial charge in [-0.3, -0.25) is 9.59 Å². The molecule has 0 aliphatic rings. The third-order valence-corrected chi connectivity index (χ3v) is 4.07. The van der Waals surface area contributed by atoms with Crippen LogP contribution in [0.15, 0.2) is 29.2 Å². The van der Waals surface area contributed by atoms with Gasteiger partial charge in [0, 0.05) is 13.3 Å². The minimum absolute atomic E-state index is 0.182. The molecule has 0 aliphatic heterocycles. The molecule has 0 saturated heterocycles. The molecule has 0 aliphatic carbocycles. The van der Waals surface area contributed by atoms with E-state index in [2.05, 4.69) is 4.79 Å². The van der Waals surface area contributed by atoms with E-state index in [1.165, 1.54) is 12.1 Å². The fraction of sp³-hybridized carbons (Fsp3) is 0.250. The molecule has 20 heavy (non-hydrogen) atoms. The second-order valence-electron chi connectivity index (χ2n) is 3.76. The molecule has 0 fully saturated rings. The Balaban J connectivity index is 3.13. The standard InChI is InChI=1S/C12H12N2O5S/c1-3-11(16)19-9-4-6-10(7-5-9)20(17,18)12(14-13)8(2)15/h4-7H,3H2,1-2H3. The third kappa shape index (κ3) is 3.37. The van der Waals surface area contributed by atoms with Crippen LogP contribution in [-0.4, -0.2) is 30.0 Å². The van der Waals surface area contributed by atoms with Crippen LogP contribution in [-0.2, 0) is 19.4 Å². The van der Waals surface area contributed by atoms with Gasteiger partial charge in [0.05, 0.1) is 4.90 Å². The second-order valence-corrected chi connectivity index (χ2v) is 5.63. The zero-order valence-electron chi connectivity index (χ0n) is 10.9. The van der Waals surface area contributed by atoms with Gasteiger partial charge in [0.2, 0.25) is 0 Å². The number of ether oxygens (including phenoxy) is 1. The first-order valence-electron chi connectivity index (χ1n) is 5.61. The number of hydrogen-bond acceptors (Lipinski definition) is 5. The van der Waals surface area contributed by atoms with E-state index in [0.717, 1.165) is 19.1 Å². The highest BCUT2D eigenvalue weighted by atomic mass is 32.2. The Morgan fingerprint density at radius 1 is 1.25 bits per heavy atom. The van der Waals surface area contributed by atoms with Gasteiger partial charge < -0.3 is 10.3 Å². The van der Waals surface area contributed by atoms with Crippen molar-refractivity contribution >= 4 is 26.6 Å². The topological polar surface area (TPSA) is 114 Å². The smallest absolute Gasteiger partial charge is 0.427 e. The van der Waals surface area contributed by atoms with Gasteiger partial charge in [-0.2, -0.15) is 0 Å². The van der Waals surface area contributed by atoms with Crippen LogP contribution in [0, 0.1) is 0 Å². The van der Waals surface area contributed by atoms with Crippen molar-refractivity contribution < 1.29 is 27.5 Å². The fourth-order valence-corrected chi connectivity index (χ4v) is 2.52. The van der Waals surface area contributed by atoms with Crippen molar-refractivity contribution in [1.29, 1.82) is 0 Å². The van der Waals surface area contributed by atoms with Crippen LogP contribution >= 0.6 is 0 Å². The first-order chi connectivity index (χ1) is 9.32. The molecule has 106 valence electrons. The van der Waals surface area contributed by atoms with Gasteiger partial charge in [0.1, 0.15) is 5.75 Å². The van der Waals surface area contributed by atoms with Crippen molar-refractivity contribution in [3.8, 4) is 5.75 Å². The first-order valence-corrected chi connectivity index (χ1v) is 7.10. The van der Waals surface area contributed by atoms with Gasteiger partial charge in [0.15, 0.2) is 0 Å². The Kier molecular flexibility index (Phi) is 4.90. The van der Waals surface area contributed by atoms with E-state index in [-0.39, 0.29) is 17.1 Å². The summed E-state index contributed by atoms with van der Waals surface area (Å²) in [6.07, 6.45) is 0.186. The molecule has 0 radical (unpaired) electrons. The molecule has 1 rings (SSSR count). The largest absolute Gasteiger partial charge is 0.451 e. The summed E-state index contributed by atoms with van der Waals surface area (Å²) in [5.74, 6) is -1.16. The van der Waals surface area contributed by atoms with E-state index in [1.807, 2.05) is 0 Å². The van der Waals surface area contributed by atoms with Crippen molar-refractivity contribution in [1.82, 2.24) is 0 Å². The minimum Gasteiger partial charge on any atom is -0.427 e. The molecule has 0 amide bonds. The highest BCUT2D eigenvalue weighted by Crippen LogP contribution is 2.18. The summed E-state index contributed by atoms with van der Waals surface area (Å²) in [7, 11) is -4.19. The van der Waals surface area contributed by atoms with Crippen LogP contribution in [0.25, 0.3) is 5.53 Å². The average molecular weight is 296 g/mol. The first kappa shape index (κ1) is 15.7. The zero-order chi connectivity index (χ0) is 15.3. The summed E-state index contributed by atoms with van der Waals surface area (Å²) in [6, 6.07) is 4.86. The average Bonchev–Trinajstić information content (AvgIpc) is 2.39. The lowest BCUT2D eigenvalue weighted by molar-refractivity contribution is -0.134. The van der Waals surface area contributed by atoms with Crippen LogP contribution in [0.3, 0.4) is 0 Å². The maximum Gasteiger partial charge on any atom is 0.451 e. The van der Waals surface area contributed by atoms with Gasteiger partial charge in [0.25, 0.3) is 15.6 Å². The van der Waals surface area contributed by atoms with E-state index in [1.54, 1.807) is 6.92 Å². The lowest BCUT2D eigenvalue weighted by Crippen LogP contribution is -2.23. The summed E-state index contributed by atoms with van der Waals surface area (Å²) in [4.78, 5) is 24.5. The SMILES string of the molecule is CCC(=O)Oc1ccc(S(=O)(=O)C(=[N+]=[N-])C(C)=O)cc1. The molecular formula is C12H12N2O5S. The van der Waals surface area contributed by atoms with Gasteiger partial charge in [-0.25, -0.2) is 8.42 Å². The molecule has 1 aromatic carbocycles. The van der Waals surface area contributed by atoms with Crippen molar-refractivity contribution in [2.45, 2.75) is 25.2 Å². The third-order valence-electron chi connectivity index (χ3n) is 2.30. The second kappa shape index (κ2) is 6.23. The number of Topliss-reactive ketones (excluding diaryl/α,β-unsaturated/α-hetero) is 1. The van der Waals surface area contributed by atoms with E-state index >= 15 is 0 Å². The molecule has 7 nitrogen and oxygen atoms in total. The van der Waals surface area contributed by atoms with Crippen molar-refractivity contribution in [2.75, 3.05) is 0 Å². The lowest BCUT2D eigenvalue weighted by Gasteiger charge is -2.03. The van der Waals surface area contributed by atoms with Gasteiger partial charge in [-0.05, 0) is 24.3 Å². The zero-order valence-corrected chi connectivity index (χ0v) is 11.7. The van der Waals surface area contributed by atoms with E-state index in [4.69, 9.17) is 10.3 Å². The maximum absolute atomic E-state index is 12.0. The molecule has 0 bridgehead atoms.